The van der Waals surface area contributed by atoms with Crippen LogP contribution in [0.5, 0.6) is 0 Å². The van der Waals surface area contributed by atoms with Crippen molar-refractivity contribution in [3.05, 3.63) is 17.0 Å². The van der Waals surface area contributed by atoms with E-state index in [0.29, 0.717) is 11.8 Å². The predicted molar refractivity (Wildman–Crippen MR) is 61.0 cm³/mol. The molecule has 0 fully saturated rings. The highest BCUT2D eigenvalue weighted by Crippen LogP contribution is 2.15. The Morgan fingerprint density at radius 2 is 2.07 bits per heavy atom. The number of alkyl halides is 1. The van der Waals surface area contributed by atoms with E-state index in [-0.39, 0.29) is 0 Å². The van der Waals surface area contributed by atoms with Gasteiger partial charge in [-0.15, -0.1) is 11.6 Å². The molecule has 1 rings (SSSR count). The van der Waals surface area contributed by atoms with Crippen molar-refractivity contribution in [2.75, 3.05) is 5.88 Å². The maximum absolute atomic E-state index is 5.79. The first kappa shape index (κ1) is 11.6. The van der Waals surface area contributed by atoms with Gasteiger partial charge in [0.1, 0.15) is 0 Å². The second-order valence-corrected chi connectivity index (χ2v) is 4.25. The number of halogens is 1. The molecule has 14 heavy (non-hydrogen) atoms. The van der Waals surface area contributed by atoms with E-state index in [9.17, 15) is 0 Å². The third kappa shape index (κ3) is 2.30. The lowest BCUT2D eigenvalue weighted by atomic mass is 10.1. The fourth-order valence-corrected chi connectivity index (χ4v) is 1.87. The Bertz CT molecular complexity index is 304. The molecule has 0 bridgehead atoms. The molecule has 1 heterocycles. The summed E-state index contributed by atoms with van der Waals surface area (Å²) in [6.45, 7) is 9.46. The van der Waals surface area contributed by atoms with Gasteiger partial charge in [-0.05, 0) is 31.7 Å². The summed E-state index contributed by atoms with van der Waals surface area (Å²) in [4.78, 5) is 0. The minimum atomic E-state index is 0.486. The van der Waals surface area contributed by atoms with E-state index >= 15 is 0 Å². The molecule has 0 aliphatic heterocycles. The first-order chi connectivity index (χ1) is 6.60. The summed E-state index contributed by atoms with van der Waals surface area (Å²) < 4.78 is 2.08. The van der Waals surface area contributed by atoms with Gasteiger partial charge < -0.3 is 0 Å². The summed E-state index contributed by atoms with van der Waals surface area (Å²) in [5.74, 6) is 1.18. The average Bonchev–Trinajstić information content (AvgIpc) is 2.42. The Balaban J connectivity index is 2.88. The van der Waals surface area contributed by atoms with Gasteiger partial charge in [0.25, 0.3) is 0 Å². The molecule has 1 unspecified atom stereocenters. The van der Waals surface area contributed by atoms with E-state index in [1.807, 2.05) is 0 Å². The molecule has 0 aliphatic rings. The first-order valence-corrected chi connectivity index (χ1v) is 5.72. The molecule has 1 aromatic heterocycles. The first-order valence-electron chi connectivity index (χ1n) is 5.19. The minimum Gasteiger partial charge on any atom is -0.269 e. The molecule has 1 atom stereocenters. The van der Waals surface area contributed by atoms with E-state index in [2.05, 4.69) is 37.5 Å². The van der Waals surface area contributed by atoms with Gasteiger partial charge in [0.2, 0.25) is 0 Å². The molecule has 0 N–H and O–H groups in total. The number of nitrogens with zero attached hydrogens (tertiary/aromatic N) is 2. The normalized spacial score (nSPS) is 13.2. The van der Waals surface area contributed by atoms with Crippen molar-refractivity contribution in [1.29, 1.82) is 0 Å². The molecule has 0 saturated heterocycles. The van der Waals surface area contributed by atoms with Crippen LogP contribution in [-0.4, -0.2) is 15.7 Å². The molecule has 3 heteroatoms. The molecule has 0 aliphatic carbocycles. The molecule has 0 amide bonds. The summed E-state index contributed by atoms with van der Waals surface area (Å²) >= 11 is 5.79. The van der Waals surface area contributed by atoms with Crippen molar-refractivity contribution < 1.29 is 0 Å². The van der Waals surface area contributed by atoms with Crippen LogP contribution in [0.25, 0.3) is 0 Å². The molecular weight excluding hydrogens is 196 g/mol. The number of hydrogen-bond acceptors (Lipinski definition) is 1. The Labute approximate surface area is 91.3 Å². The zero-order valence-electron chi connectivity index (χ0n) is 9.47. The van der Waals surface area contributed by atoms with Crippen LogP contribution in [0, 0.1) is 19.8 Å². The molecule has 0 radical (unpaired) electrons. The SMILES string of the molecule is CCc1c(C)nn(CC(C)CCl)c1C. The molecule has 0 aromatic carbocycles. The Kier molecular flexibility index (Phi) is 3.99. The lowest BCUT2D eigenvalue weighted by Crippen LogP contribution is -2.11. The van der Waals surface area contributed by atoms with Crippen LogP contribution >= 0.6 is 11.6 Å². The van der Waals surface area contributed by atoms with E-state index in [4.69, 9.17) is 11.6 Å². The second kappa shape index (κ2) is 4.83. The molecule has 0 saturated carbocycles. The summed E-state index contributed by atoms with van der Waals surface area (Å²) in [6.07, 6.45) is 1.06. The lowest BCUT2D eigenvalue weighted by Gasteiger charge is -2.09. The van der Waals surface area contributed by atoms with E-state index < -0.39 is 0 Å². The largest absolute Gasteiger partial charge is 0.269 e. The average molecular weight is 215 g/mol. The van der Waals surface area contributed by atoms with Gasteiger partial charge in [0.05, 0.1) is 5.69 Å². The highest BCUT2D eigenvalue weighted by molar-refractivity contribution is 6.18. The van der Waals surface area contributed by atoms with Crippen molar-refractivity contribution in [3.63, 3.8) is 0 Å². The van der Waals surface area contributed by atoms with Crippen molar-refractivity contribution in [1.82, 2.24) is 9.78 Å². The van der Waals surface area contributed by atoms with Crippen LogP contribution in [0.2, 0.25) is 0 Å². The summed E-state index contributed by atoms with van der Waals surface area (Å²) in [5, 5.41) is 4.53. The Hall–Kier alpha value is -0.500. The van der Waals surface area contributed by atoms with Crippen LogP contribution in [0.4, 0.5) is 0 Å². The van der Waals surface area contributed by atoms with Gasteiger partial charge in [-0.3, -0.25) is 4.68 Å². The van der Waals surface area contributed by atoms with Gasteiger partial charge in [0.15, 0.2) is 0 Å². The Morgan fingerprint density at radius 3 is 2.50 bits per heavy atom. The van der Waals surface area contributed by atoms with Crippen LogP contribution in [0.1, 0.15) is 30.8 Å². The number of aryl methyl sites for hydroxylation is 1. The maximum Gasteiger partial charge on any atom is 0.0628 e. The smallest absolute Gasteiger partial charge is 0.0628 e. The summed E-state index contributed by atoms with van der Waals surface area (Å²) in [5.41, 5.74) is 3.83. The van der Waals surface area contributed by atoms with E-state index in [1.54, 1.807) is 0 Å². The molecular formula is C11H19ClN2. The van der Waals surface area contributed by atoms with Gasteiger partial charge >= 0.3 is 0 Å². The highest BCUT2D eigenvalue weighted by atomic mass is 35.5. The number of rotatable bonds is 4. The molecule has 1 aromatic rings. The van der Waals surface area contributed by atoms with Crippen molar-refractivity contribution in [3.8, 4) is 0 Å². The third-order valence-electron chi connectivity index (χ3n) is 2.63. The lowest BCUT2D eigenvalue weighted by molar-refractivity contribution is 0.476. The van der Waals surface area contributed by atoms with Crippen molar-refractivity contribution >= 4 is 11.6 Å². The number of hydrogen-bond donors (Lipinski definition) is 0. The molecule has 80 valence electrons. The third-order valence-corrected chi connectivity index (χ3v) is 3.16. The summed E-state index contributed by atoms with van der Waals surface area (Å²) in [7, 11) is 0. The topological polar surface area (TPSA) is 17.8 Å². The zero-order valence-corrected chi connectivity index (χ0v) is 10.2. The standard InChI is InChI=1S/C11H19ClN2/c1-5-11-9(3)13-14(10(11)4)7-8(2)6-12/h8H,5-7H2,1-4H3. The number of aromatic nitrogens is 2. The van der Waals surface area contributed by atoms with E-state index in [0.717, 1.165) is 18.7 Å². The van der Waals surface area contributed by atoms with E-state index in [1.165, 1.54) is 11.3 Å². The predicted octanol–water partition coefficient (Wildman–Crippen LogP) is 2.94. The fraction of sp³-hybridized carbons (Fsp3) is 0.727. The summed E-state index contributed by atoms with van der Waals surface area (Å²) in [6, 6.07) is 0. The van der Waals surface area contributed by atoms with Gasteiger partial charge in [0, 0.05) is 18.1 Å². The van der Waals surface area contributed by atoms with Crippen LogP contribution in [-0.2, 0) is 13.0 Å². The van der Waals surface area contributed by atoms with Crippen molar-refractivity contribution in [2.24, 2.45) is 5.92 Å². The van der Waals surface area contributed by atoms with Crippen LogP contribution in [0.15, 0.2) is 0 Å². The fourth-order valence-electron chi connectivity index (χ4n) is 1.77. The highest BCUT2D eigenvalue weighted by Gasteiger charge is 2.11. The monoisotopic (exact) mass is 214 g/mol. The van der Waals surface area contributed by atoms with Crippen LogP contribution in [0.3, 0.4) is 0 Å². The zero-order chi connectivity index (χ0) is 10.7. The quantitative estimate of drug-likeness (QED) is 0.705. The van der Waals surface area contributed by atoms with Gasteiger partial charge in [-0.25, -0.2) is 0 Å². The Morgan fingerprint density at radius 1 is 1.43 bits per heavy atom. The minimum absolute atomic E-state index is 0.486. The van der Waals surface area contributed by atoms with Crippen LogP contribution < -0.4 is 0 Å². The van der Waals surface area contributed by atoms with Gasteiger partial charge in [-0.2, -0.15) is 5.10 Å². The van der Waals surface area contributed by atoms with Crippen molar-refractivity contribution in [2.45, 2.75) is 40.7 Å². The molecule has 2 nitrogen and oxygen atoms in total. The van der Waals surface area contributed by atoms with Gasteiger partial charge in [-0.1, -0.05) is 13.8 Å². The maximum atomic E-state index is 5.79. The second-order valence-electron chi connectivity index (χ2n) is 3.94. The molecule has 0 spiro atoms.